The van der Waals surface area contributed by atoms with Crippen molar-refractivity contribution in [3.05, 3.63) is 188 Å². The van der Waals surface area contributed by atoms with Gasteiger partial charge in [-0.15, -0.1) is 0 Å². The van der Waals surface area contributed by atoms with Crippen molar-refractivity contribution < 1.29 is 4.42 Å². The minimum atomic E-state index is 0.549. The van der Waals surface area contributed by atoms with Crippen molar-refractivity contribution in [2.24, 2.45) is 0 Å². The molecule has 8 aromatic carbocycles. The number of aromatic nitrogens is 5. The fourth-order valence-corrected chi connectivity index (χ4v) is 8.60. The largest absolute Gasteiger partial charge is 0.455 e. The van der Waals surface area contributed by atoms with Crippen molar-refractivity contribution in [1.29, 1.82) is 0 Å². The van der Waals surface area contributed by atoms with Crippen molar-refractivity contribution in [3.8, 4) is 45.5 Å². The van der Waals surface area contributed by atoms with Gasteiger partial charge in [-0.3, -0.25) is 4.57 Å². The summed E-state index contributed by atoms with van der Waals surface area (Å²) in [5, 5.41) is 6.81. The summed E-state index contributed by atoms with van der Waals surface area (Å²) < 4.78 is 11.0. The highest BCUT2D eigenvalue weighted by molar-refractivity contribution is 6.13. The third-order valence-electron chi connectivity index (χ3n) is 11.2. The molecule has 0 aliphatic heterocycles. The van der Waals surface area contributed by atoms with Crippen LogP contribution in [0.4, 0.5) is 0 Å². The zero-order valence-corrected chi connectivity index (χ0v) is 30.5. The molecule has 0 atom stereocenters. The number of furan rings is 1. The van der Waals surface area contributed by atoms with Crippen LogP contribution in [0.15, 0.2) is 192 Å². The van der Waals surface area contributed by atoms with Crippen LogP contribution in [-0.4, -0.2) is 24.1 Å². The van der Waals surface area contributed by atoms with Gasteiger partial charge in [0.2, 0.25) is 5.95 Å². The van der Waals surface area contributed by atoms with Gasteiger partial charge >= 0.3 is 0 Å². The van der Waals surface area contributed by atoms with E-state index < -0.39 is 0 Å². The van der Waals surface area contributed by atoms with Crippen molar-refractivity contribution in [3.63, 3.8) is 0 Å². The second-order valence-corrected chi connectivity index (χ2v) is 14.4. The van der Waals surface area contributed by atoms with Crippen molar-refractivity contribution in [2.75, 3.05) is 0 Å². The predicted molar refractivity (Wildman–Crippen MR) is 232 cm³/mol. The Morgan fingerprint density at radius 3 is 1.65 bits per heavy atom. The Labute approximate surface area is 326 Å². The summed E-state index contributed by atoms with van der Waals surface area (Å²) in [6, 6.07) is 65.5. The molecule has 0 aliphatic rings. The maximum atomic E-state index is 6.50. The van der Waals surface area contributed by atoms with E-state index in [0.717, 1.165) is 82.7 Å². The van der Waals surface area contributed by atoms with Crippen LogP contribution in [0.1, 0.15) is 0 Å². The van der Waals surface area contributed by atoms with E-state index in [-0.39, 0.29) is 0 Å². The third kappa shape index (κ3) is 4.87. The van der Waals surface area contributed by atoms with Gasteiger partial charge in [0.15, 0.2) is 11.6 Å². The highest BCUT2D eigenvalue weighted by atomic mass is 16.3. The van der Waals surface area contributed by atoms with E-state index >= 15 is 0 Å². The SMILES string of the molecule is c1ccc(-c2nc(-c3ccc4c5ccccc5n(-c5ccccc5)c4c3)nc(-n3c4ccccc4c4ccc(-c5cccc6c5oc5ccccc56)cc43)n2)cc1. The van der Waals surface area contributed by atoms with E-state index in [1.165, 1.54) is 10.8 Å². The summed E-state index contributed by atoms with van der Waals surface area (Å²) in [6.07, 6.45) is 0. The lowest BCUT2D eigenvalue weighted by molar-refractivity contribution is 0.670. The molecule has 0 fully saturated rings. The van der Waals surface area contributed by atoms with Gasteiger partial charge in [0.05, 0.1) is 22.1 Å². The van der Waals surface area contributed by atoms with Crippen LogP contribution in [0.5, 0.6) is 0 Å². The highest BCUT2D eigenvalue weighted by Crippen LogP contribution is 2.40. The molecule has 4 aromatic heterocycles. The Bertz CT molecular complexity index is 3520. The number of hydrogen-bond donors (Lipinski definition) is 0. The fraction of sp³-hybridized carbons (Fsp3) is 0. The molecule has 0 radical (unpaired) electrons. The monoisotopic (exact) mass is 729 g/mol. The minimum Gasteiger partial charge on any atom is -0.455 e. The molecule has 6 heteroatoms. The normalized spacial score (nSPS) is 11.9. The Morgan fingerprint density at radius 2 is 0.895 bits per heavy atom. The molecular formula is C51H31N5O. The molecule has 0 aliphatic carbocycles. The molecule has 0 saturated carbocycles. The Balaban J connectivity index is 1.11. The number of rotatable bonds is 5. The third-order valence-corrected chi connectivity index (χ3v) is 11.2. The van der Waals surface area contributed by atoms with E-state index in [9.17, 15) is 0 Å². The summed E-state index contributed by atoms with van der Waals surface area (Å²) in [5.74, 6) is 1.75. The average molecular weight is 730 g/mol. The lowest BCUT2D eigenvalue weighted by atomic mass is 10.0. The zero-order chi connectivity index (χ0) is 37.5. The quantitative estimate of drug-likeness (QED) is 0.177. The molecular weight excluding hydrogens is 699 g/mol. The Kier molecular flexibility index (Phi) is 6.83. The van der Waals surface area contributed by atoms with Gasteiger partial charge in [0, 0.05) is 54.7 Å². The molecule has 0 spiro atoms. The number of para-hydroxylation sites is 5. The molecule has 0 bridgehead atoms. The summed E-state index contributed by atoms with van der Waals surface area (Å²) in [4.78, 5) is 15.7. The molecule has 12 aromatic rings. The first-order valence-corrected chi connectivity index (χ1v) is 19.1. The van der Waals surface area contributed by atoms with Crippen LogP contribution in [0.2, 0.25) is 0 Å². The average Bonchev–Trinajstić information content (AvgIpc) is 3.94. The second kappa shape index (κ2) is 12.3. The first kappa shape index (κ1) is 31.5. The van der Waals surface area contributed by atoms with Crippen LogP contribution >= 0.6 is 0 Å². The van der Waals surface area contributed by atoms with Crippen LogP contribution in [0, 0.1) is 0 Å². The maximum absolute atomic E-state index is 6.50. The van der Waals surface area contributed by atoms with Gasteiger partial charge < -0.3 is 8.98 Å². The lowest BCUT2D eigenvalue weighted by Crippen LogP contribution is -2.06. The number of benzene rings is 8. The lowest BCUT2D eigenvalue weighted by Gasteiger charge is -2.12. The van der Waals surface area contributed by atoms with Crippen molar-refractivity contribution in [2.45, 2.75) is 0 Å². The maximum Gasteiger partial charge on any atom is 0.238 e. The summed E-state index contributed by atoms with van der Waals surface area (Å²) in [7, 11) is 0. The van der Waals surface area contributed by atoms with E-state index in [2.05, 4.69) is 167 Å². The zero-order valence-electron chi connectivity index (χ0n) is 30.5. The summed E-state index contributed by atoms with van der Waals surface area (Å²) >= 11 is 0. The topological polar surface area (TPSA) is 61.7 Å². The van der Waals surface area contributed by atoms with E-state index in [1.54, 1.807) is 0 Å². The molecule has 0 unspecified atom stereocenters. The summed E-state index contributed by atoms with van der Waals surface area (Å²) in [6.45, 7) is 0. The van der Waals surface area contributed by atoms with Crippen LogP contribution < -0.4 is 0 Å². The minimum absolute atomic E-state index is 0.549. The fourth-order valence-electron chi connectivity index (χ4n) is 8.60. The van der Waals surface area contributed by atoms with Gasteiger partial charge in [-0.1, -0.05) is 146 Å². The number of hydrogen-bond acceptors (Lipinski definition) is 4. The van der Waals surface area contributed by atoms with Gasteiger partial charge in [-0.05, 0) is 48.0 Å². The molecule has 6 nitrogen and oxygen atoms in total. The molecule has 57 heavy (non-hydrogen) atoms. The van der Waals surface area contributed by atoms with E-state index in [4.69, 9.17) is 19.4 Å². The summed E-state index contributed by atoms with van der Waals surface area (Å²) in [5.41, 5.74) is 11.0. The second-order valence-electron chi connectivity index (χ2n) is 14.4. The van der Waals surface area contributed by atoms with Crippen LogP contribution in [0.3, 0.4) is 0 Å². The van der Waals surface area contributed by atoms with Crippen LogP contribution in [0.25, 0.3) is 111 Å². The Hall–Kier alpha value is -7.83. The highest BCUT2D eigenvalue weighted by Gasteiger charge is 2.21. The van der Waals surface area contributed by atoms with Gasteiger partial charge in [-0.2, -0.15) is 9.97 Å². The Morgan fingerprint density at radius 1 is 0.351 bits per heavy atom. The first-order valence-electron chi connectivity index (χ1n) is 19.1. The molecule has 4 heterocycles. The first-order chi connectivity index (χ1) is 28.3. The van der Waals surface area contributed by atoms with Crippen molar-refractivity contribution >= 4 is 65.6 Å². The van der Waals surface area contributed by atoms with Gasteiger partial charge in [0.25, 0.3) is 0 Å². The van der Waals surface area contributed by atoms with Gasteiger partial charge in [0.1, 0.15) is 11.2 Å². The molecule has 0 saturated heterocycles. The smallest absolute Gasteiger partial charge is 0.238 e. The van der Waals surface area contributed by atoms with E-state index in [0.29, 0.717) is 17.6 Å². The van der Waals surface area contributed by atoms with E-state index in [1.807, 2.05) is 30.3 Å². The molecule has 0 amide bonds. The molecule has 266 valence electrons. The van der Waals surface area contributed by atoms with Gasteiger partial charge in [-0.25, -0.2) is 4.98 Å². The van der Waals surface area contributed by atoms with Crippen molar-refractivity contribution in [1.82, 2.24) is 24.1 Å². The number of nitrogens with zero attached hydrogens (tertiary/aromatic N) is 5. The molecule has 12 rings (SSSR count). The standard InChI is InChI=1S/C51H31N5O/c1-3-14-32(15-4-1)49-52-50(34-27-29-39-37-18-7-10-23-43(37)55(45(39)31-34)35-16-5-2-6-17-35)54-51(53-49)56-44-24-11-8-19-38(44)40-28-26-33(30-46(40)56)36-21-13-22-42-41-20-9-12-25-47(41)57-48(36)42/h1-31H. The number of fused-ring (bicyclic) bond motifs is 9. The predicted octanol–water partition coefficient (Wildman–Crippen LogP) is 13.0. The molecule has 0 N–H and O–H groups in total. The van der Waals surface area contributed by atoms with Crippen LogP contribution in [-0.2, 0) is 0 Å².